The van der Waals surface area contributed by atoms with Crippen LogP contribution in [0.5, 0.6) is 5.75 Å². The van der Waals surface area contributed by atoms with Gasteiger partial charge in [0.1, 0.15) is 11.6 Å². The highest BCUT2D eigenvalue weighted by Crippen LogP contribution is 2.54. The van der Waals surface area contributed by atoms with Crippen molar-refractivity contribution in [3.05, 3.63) is 121 Å². The van der Waals surface area contributed by atoms with Gasteiger partial charge in [0, 0.05) is 5.56 Å². The van der Waals surface area contributed by atoms with Gasteiger partial charge in [0.25, 0.3) is 0 Å². The van der Waals surface area contributed by atoms with Crippen LogP contribution in [-0.2, 0) is 4.65 Å². The van der Waals surface area contributed by atoms with E-state index >= 15 is 0 Å². The van der Waals surface area contributed by atoms with Crippen LogP contribution in [0.25, 0.3) is 0 Å². The largest absolute Gasteiger partial charge is 0.563 e. The first-order valence-corrected chi connectivity index (χ1v) is 11.2. The Labute approximate surface area is 173 Å². The first-order valence-electron chi connectivity index (χ1n) is 9.75. The van der Waals surface area contributed by atoms with Crippen molar-refractivity contribution in [3.8, 4) is 5.75 Å². The minimum absolute atomic E-state index is 0.0926. The molecule has 0 saturated carbocycles. The lowest BCUT2D eigenvalue weighted by Crippen LogP contribution is -2.44. The Hall–Kier alpha value is -2.87. The van der Waals surface area contributed by atoms with Crippen LogP contribution in [0.2, 0.25) is 0 Å². The summed E-state index contributed by atoms with van der Waals surface area (Å²) in [6, 6.07) is 39.8. The molecule has 4 aromatic carbocycles. The van der Waals surface area contributed by atoms with Gasteiger partial charge in [-0.1, -0.05) is 109 Å². The monoisotopic (exact) mass is 394 g/mol. The maximum Gasteiger partial charge on any atom is 0.563 e. The van der Waals surface area contributed by atoms with Crippen LogP contribution in [-0.4, -0.2) is 7.12 Å². The van der Waals surface area contributed by atoms with Gasteiger partial charge in [-0.3, -0.25) is 0 Å². The molecule has 0 N–H and O–H groups in total. The second kappa shape index (κ2) is 8.25. The molecule has 2 nitrogen and oxygen atoms in total. The fourth-order valence-corrected chi connectivity index (χ4v) is 6.23. The van der Waals surface area contributed by atoms with Crippen molar-refractivity contribution in [3.63, 3.8) is 0 Å². The van der Waals surface area contributed by atoms with Crippen molar-refractivity contribution < 1.29 is 9.31 Å². The third-order valence-corrected chi connectivity index (χ3v) is 7.62. The van der Waals surface area contributed by atoms with Crippen molar-refractivity contribution in [2.24, 2.45) is 0 Å². The summed E-state index contributed by atoms with van der Waals surface area (Å²) in [5.41, 5.74) is 2.14. The number of fused-ring (bicyclic) bond motifs is 1. The molecule has 1 aliphatic rings. The summed E-state index contributed by atoms with van der Waals surface area (Å²) < 4.78 is 12.9. The maximum atomic E-state index is 6.68. The summed E-state index contributed by atoms with van der Waals surface area (Å²) in [5.74, 6) is 0.807. The first-order chi connectivity index (χ1) is 14.4. The Bertz CT molecular complexity index is 1030. The van der Waals surface area contributed by atoms with Gasteiger partial charge in [-0.15, -0.1) is 0 Å². The summed E-state index contributed by atoms with van der Waals surface area (Å²) in [6.45, 7) is 0. The first kappa shape index (κ1) is 18.2. The molecule has 0 radical (unpaired) electrons. The van der Waals surface area contributed by atoms with E-state index in [9.17, 15) is 0 Å². The van der Waals surface area contributed by atoms with E-state index < -0.39 is 15.0 Å². The third kappa shape index (κ3) is 3.72. The molecule has 140 valence electrons. The molecule has 1 heterocycles. The lowest BCUT2D eigenvalue weighted by atomic mass is 9.78. The van der Waals surface area contributed by atoms with Crippen LogP contribution in [0.4, 0.5) is 0 Å². The number of hydrogen-bond donors (Lipinski definition) is 0. The number of hydrogen-bond acceptors (Lipinski definition) is 2. The normalized spacial score (nSPS) is 15.6. The standard InChI is InChI=1S/C25H20BO2P/c1-4-12-20(13-5-1)26-27-24-19-11-10-18-23(24)25(28-26)29(21-14-6-2-7-15-21)22-16-8-3-9-17-22/h1-19,25H. The minimum atomic E-state index is -0.775. The van der Waals surface area contributed by atoms with Crippen LogP contribution < -0.4 is 20.7 Å². The zero-order valence-corrected chi connectivity index (χ0v) is 16.8. The van der Waals surface area contributed by atoms with Gasteiger partial charge in [-0.2, -0.15) is 0 Å². The predicted octanol–water partition coefficient (Wildman–Crippen LogP) is 4.62. The lowest BCUT2D eigenvalue weighted by Gasteiger charge is -2.36. The molecule has 1 atom stereocenters. The quantitative estimate of drug-likeness (QED) is 0.372. The molecule has 0 fully saturated rings. The molecule has 0 amide bonds. The van der Waals surface area contributed by atoms with Gasteiger partial charge >= 0.3 is 7.12 Å². The molecule has 0 spiro atoms. The molecular weight excluding hydrogens is 374 g/mol. The van der Waals surface area contributed by atoms with E-state index in [0.717, 1.165) is 16.8 Å². The third-order valence-electron chi connectivity index (χ3n) is 5.05. The molecule has 29 heavy (non-hydrogen) atoms. The molecule has 1 aliphatic heterocycles. The SMILES string of the molecule is c1ccc(B2Oc3ccccc3C(P(c3ccccc3)c3ccccc3)O2)cc1. The van der Waals surface area contributed by atoms with Crippen LogP contribution in [0.3, 0.4) is 0 Å². The Balaban J connectivity index is 1.64. The van der Waals surface area contributed by atoms with Gasteiger partial charge in [0.15, 0.2) is 0 Å². The van der Waals surface area contributed by atoms with E-state index in [1.165, 1.54) is 10.6 Å². The molecule has 0 aromatic heterocycles. The molecule has 1 unspecified atom stereocenters. The zero-order chi connectivity index (χ0) is 19.5. The number of benzene rings is 4. The average molecular weight is 394 g/mol. The molecule has 0 aliphatic carbocycles. The number of rotatable bonds is 4. The van der Waals surface area contributed by atoms with Crippen molar-refractivity contribution in [2.45, 2.75) is 5.85 Å². The Kier molecular flexibility index (Phi) is 5.17. The fourth-order valence-electron chi connectivity index (χ4n) is 3.68. The second-order valence-electron chi connectivity index (χ2n) is 6.93. The Morgan fingerprint density at radius 2 is 1.10 bits per heavy atom. The lowest BCUT2D eigenvalue weighted by molar-refractivity contribution is 0.226. The summed E-state index contributed by atoms with van der Waals surface area (Å²) in [7, 11) is -1.20. The predicted molar refractivity (Wildman–Crippen MR) is 122 cm³/mol. The molecule has 0 bridgehead atoms. The summed E-state index contributed by atoms with van der Waals surface area (Å²) in [5, 5.41) is 2.59. The maximum absolute atomic E-state index is 6.68. The van der Waals surface area contributed by atoms with Gasteiger partial charge in [0.2, 0.25) is 0 Å². The van der Waals surface area contributed by atoms with Crippen molar-refractivity contribution >= 4 is 31.1 Å². The molecular formula is C25H20BO2P. The van der Waals surface area contributed by atoms with E-state index in [0.29, 0.717) is 0 Å². The fraction of sp³-hybridized carbons (Fsp3) is 0.0400. The smallest absolute Gasteiger partial charge is 0.532 e. The van der Waals surface area contributed by atoms with Crippen molar-refractivity contribution in [2.75, 3.05) is 0 Å². The summed E-state index contributed by atoms with van der Waals surface area (Å²) in [4.78, 5) is 0. The summed E-state index contributed by atoms with van der Waals surface area (Å²) in [6.07, 6.45) is 0. The highest BCUT2D eigenvalue weighted by molar-refractivity contribution is 7.73. The highest BCUT2D eigenvalue weighted by atomic mass is 31.1. The van der Waals surface area contributed by atoms with E-state index in [2.05, 4.69) is 84.9 Å². The molecule has 5 rings (SSSR count). The summed E-state index contributed by atoms with van der Waals surface area (Å²) >= 11 is 0. The Morgan fingerprint density at radius 1 is 0.586 bits per heavy atom. The van der Waals surface area contributed by atoms with Gasteiger partial charge in [-0.25, -0.2) is 0 Å². The van der Waals surface area contributed by atoms with E-state index in [1.54, 1.807) is 0 Å². The number of para-hydroxylation sites is 1. The van der Waals surface area contributed by atoms with Gasteiger partial charge in [0.05, 0.1) is 0 Å². The van der Waals surface area contributed by atoms with Crippen LogP contribution in [0, 0.1) is 0 Å². The topological polar surface area (TPSA) is 18.5 Å². The highest BCUT2D eigenvalue weighted by Gasteiger charge is 2.39. The Morgan fingerprint density at radius 3 is 1.72 bits per heavy atom. The van der Waals surface area contributed by atoms with Crippen LogP contribution in [0.15, 0.2) is 115 Å². The van der Waals surface area contributed by atoms with E-state index in [4.69, 9.17) is 9.31 Å². The second-order valence-corrected chi connectivity index (χ2v) is 9.17. The molecule has 4 heteroatoms. The molecule has 0 saturated heterocycles. The minimum Gasteiger partial charge on any atom is -0.532 e. The van der Waals surface area contributed by atoms with E-state index in [1.807, 2.05) is 30.3 Å². The van der Waals surface area contributed by atoms with Crippen LogP contribution in [0.1, 0.15) is 11.4 Å². The molecule has 4 aromatic rings. The van der Waals surface area contributed by atoms with Crippen molar-refractivity contribution in [1.29, 1.82) is 0 Å². The van der Waals surface area contributed by atoms with E-state index in [-0.39, 0.29) is 5.85 Å². The average Bonchev–Trinajstić information content (AvgIpc) is 2.81. The van der Waals surface area contributed by atoms with Crippen molar-refractivity contribution in [1.82, 2.24) is 0 Å². The van der Waals surface area contributed by atoms with Gasteiger partial charge < -0.3 is 9.31 Å². The van der Waals surface area contributed by atoms with Crippen LogP contribution >= 0.6 is 7.92 Å². The van der Waals surface area contributed by atoms with Gasteiger partial charge in [-0.05, 0) is 30.1 Å². The zero-order valence-electron chi connectivity index (χ0n) is 15.9.